The van der Waals surface area contributed by atoms with Crippen molar-refractivity contribution in [1.29, 1.82) is 0 Å². The Morgan fingerprint density at radius 1 is 1.38 bits per heavy atom. The third-order valence-corrected chi connectivity index (χ3v) is 4.34. The molecule has 0 amide bonds. The smallest absolute Gasteiger partial charge is 0.0618 e. The van der Waals surface area contributed by atoms with E-state index in [9.17, 15) is 0 Å². The van der Waals surface area contributed by atoms with E-state index in [0.717, 1.165) is 6.61 Å². The molecule has 0 unspecified atom stereocenters. The van der Waals surface area contributed by atoms with Crippen molar-refractivity contribution in [3.05, 3.63) is 0 Å². The number of methoxy groups -OCH3 is 1. The van der Waals surface area contributed by atoms with Crippen molar-refractivity contribution >= 4 is 0 Å². The van der Waals surface area contributed by atoms with Gasteiger partial charge in [0.05, 0.1) is 6.61 Å². The van der Waals surface area contributed by atoms with Crippen molar-refractivity contribution in [2.24, 2.45) is 5.41 Å². The lowest BCUT2D eigenvalue weighted by atomic mass is 9.77. The maximum atomic E-state index is 5.38. The molecular weight excluding hydrogens is 200 g/mol. The summed E-state index contributed by atoms with van der Waals surface area (Å²) in [4.78, 5) is 2.65. The Bertz CT molecular complexity index is 224. The highest BCUT2D eigenvalue weighted by atomic mass is 16.5. The van der Waals surface area contributed by atoms with Crippen molar-refractivity contribution < 1.29 is 4.74 Å². The zero-order valence-corrected chi connectivity index (χ0v) is 11.0. The summed E-state index contributed by atoms with van der Waals surface area (Å²) in [5, 5.41) is 3.48. The van der Waals surface area contributed by atoms with Gasteiger partial charge in [0.25, 0.3) is 0 Å². The first-order chi connectivity index (χ1) is 7.67. The van der Waals surface area contributed by atoms with Crippen LogP contribution in [0.3, 0.4) is 0 Å². The lowest BCUT2D eigenvalue weighted by molar-refractivity contribution is 0.0974. The van der Waals surface area contributed by atoms with E-state index in [4.69, 9.17) is 4.74 Å². The van der Waals surface area contributed by atoms with Crippen molar-refractivity contribution in [3.8, 4) is 0 Å². The number of piperidine rings is 1. The molecule has 0 saturated carbocycles. The fourth-order valence-electron chi connectivity index (χ4n) is 3.47. The lowest BCUT2D eigenvalue weighted by Gasteiger charge is -2.34. The Balaban J connectivity index is 2.03. The van der Waals surface area contributed by atoms with Gasteiger partial charge < -0.3 is 10.1 Å². The van der Waals surface area contributed by atoms with Gasteiger partial charge in [-0.15, -0.1) is 0 Å². The molecule has 1 spiro atoms. The molecule has 3 nitrogen and oxygen atoms in total. The van der Waals surface area contributed by atoms with E-state index in [0.29, 0.717) is 17.5 Å². The molecule has 1 atom stereocenters. The van der Waals surface area contributed by atoms with Gasteiger partial charge in [-0.1, -0.05) is 0 Å². The minimum absolute atomic E-state index is 0.582. The van der Waals surface area contributed by atoms with Gasteiger partial charge in [-0.25, -0.2) is 0 Å². The molecule has 2 aliphatic heterocycles. The number of hydrogen-bond donors (Lipinski definition) is 1. The normalized spacial score (nSPS) is 30.4. The molecule has 0 aromatic heterocycles. The summed E-state index contributed by atoms with van der Waals surface area (Å²) < 4.78 is 5.38. The highest BCUT2D eigenvalue weighted by Gasteiger charge is 2.44. The molecule has 2 aliphatic rings. The molecule has 16 heavy (non-hydrogen) atoms. The van der Waals surface area contributed by atoms with Crippen LogP contribution in [0.25, 0.3) is 0 Å². The van der Waals surface area contributed by atoms with Gasteiger partial charge in [-0.3, -0.25) is 4.90 Å². The van der Waals surface area contributed by atoms with E-state index >= 15 is 0 Å². The summed E-state index contributed by atoms with van der Waals surface area (Å²) in [5.41, 5.74) is 0.582. The first-order valence-corrected chi connectivity index (χ1v) is 6.62. The van der Waals surface area contributed by atoms with Gasteiger partial charge in [0.15, 0.2) is 0 Å². The Morgan fingerprint density at radius 2 is 2.06 bits per heavy atom. The highest BCUT2D eigenvalue weighted by Crippen LogP contribution is 2.42. The number of ether oxygens (including phenoxy) is 1. The van der Waals surface area contributed by atoms with E-state index < -0.39 is 0 Å². The van der Waals surface area contributed by atoms with Crippen LogP contribution in [-0.2, 0) is 4.74 Å². The third kappa shape index (κ3) is 2.41. The SMILES string of the molecule is COC[C@H]1CC2(CCNCC2)CN1C(C)C. The van der Waals surface area contributed by atoms with E-state index in [2.05, 4.69) is 24.1 Å². The minimum Gasteiger partial charge on any atom is -0.383 e. The second-order valence-electron chi connectivity index (χ2n) is 5.83. The van der Waals surface area contributed by atoms with E-state index in [1.165, 1.54) is 38.9 Å². The number of likely N-dealkylation sites (tertiary alicyclic amines) is 1. The largest absolute Gasteiger partial charge is 0.383 e. The first-order valence-electron chi connectivity index (χ1n) is 6.62. The Morgan fingerprint density at radius 3 is 2.62 bits per heavy atom. The molecule has 3 heteroatoms. The third-order valence-electron chi connectivity index (χ3n) is 4.34. The highest BCUT2D eigenvalue weighted by molar-refractivity contribution is 4.98. The summed E-state index contributed by atoms with van der Waals surface area (Å²) in [7, 11) is 1.83. The van der Waals surface area contributed by atoms with Crippen LogP contribution < -0.4 is 5.32 Å². The van der Waals surface area contributed by atoms with Crippen molar-refractivity contribution in [3.63, 3.8) is 0 Å². The number of hydrogen-bond acceptors (Lipinski definition) is 3. The summed E-state index contributed by atoms with van der Waals surface area (Å²) in [6.45, 7) is 9.19. The van der Waals surface area contributed by atoms with Crippen LogP contribution in [0.2, 0.25) is 0 Å². The van der Waals surface area contributed by atoms with Crippen molar-refractivity contribution in [1.82, 2.24) is 10.2 Å². The molecule has 2 saturated heterocycles. The molecule has 2 fully saturated rings. The maximum Gasteiger partial charge on any atom is 0.0618 e. The Kier molecular flexibility index (Phi) is 3.88. The summed E-state index contributed by atoms with van der Waals surface area (Å²) in [6, 6.07) is 1.29. The van der Waals surface area contributed by atoms with Crippen LogP contribution >= 0.6 is 0 Å². The Hall–Kier alpha value is -0.120. The topological polar surface area (TPSA) is 24.5 Å². The Labute approximate surface area is 99.5 Å². The van der Waals surface area contributed by atoms with E-state index in [-0.39, 0.29) is 0 Å². The number of nitrogens with zero attached hydrogens (tertiary/aromatic N) is 1. The minimum atomic E-state index is 0.582. The van der Waals surface area contributed by atoms with Crippen LogP contribution in [0, 0.1) is 5.41 Å². The van der Waals surface area contributed by atoms with Crippen molar-refractivity contribution in [2.75, 3.05) is 33.4 Å². The van der Waals surface area contributed by atoms with Crippen molar-refractivity contribution in [2.45, 2.75) is 45.2 Å². The van der Waals surface area contributed by atoms with Gasteiger partial charge in [-0.2, -0.15) is 0 Å². The van der Waals surface area contributed by atoms with Gasteiger partial charge >= 0.3 is 0 Å². The van der Waals surface area contributed by atoms with Gasteiger partial charge in [0.1, 0.15) is 0 Å². The molecule has 0 bridgehead atoms. The fourth-order valence-corrected chi connectivity index (χ4v) is 3.47. The van der Waals surface area contributed by atoms with Crippen LogP contribution in [0.4, 0.5) is 0 Å². The van der Waals surface area contributed by atoms with Crippen LogP contribution in [0.15, 0.2) is 0 Å². The van der Waals surface area contributed by atoms with Gasteiger partial charge in [-0.05, 0) is 51.6 Å². The second-order valence-corrected chi connectivity index (χ2v) is 5.83. The van der Waals surface area contributed by atoms with E-state index in [1.54, 1.807) is 0 Å². The average Bonchev–Trinajstić information content (AvgIpc) is 2.59. The van der Waals surface area contributed by atoms with Crippen LogP contribution in [0.1, 0.15) is 33.1 Å². The zero-order valence-electron chi connectivity index (χ0n) is 11.0. The monoisotopic (exact) mass is 226 g/mol. The average molecular weight is 226 g/mol. The first kappa shape index (κ1) is 12.3. The summed E-state index contributed by atoms with van der Waals surface area (Å²) in [6.07, 6.45) is 4.02. The summed E-state index contributed by atoms with van der Waals surface area (Å²) in [5.74, 6) is 0. The summed E-state index contributed by atoms with van der Waals surface area (Å²) >= 11 is 0. The van der Waals surface area contributed by atoms with Crippen LogP contribution in [-0.4, -0.2) is 50.3 Å². The predicted octanol–water partition coefficient (Wildman–Crippen LogP) is 1.49. The number of nitrogens with one attached hydrogen (secondary N) is 1. The predicted molar refractivity (Wildman–Crippen MR) is 66.7 cm³/mol. The molecule has 1 N–H and O–H groups in total. The molecule has 94 valence electrons. The molecule has 2 heterocycles. The zero-order chi connectivity index (χ0) is 11.6. The van der Waals surface area contributed by atoms with E-state index in [1.807, 2.05) is 7.11 Å². The molecule has 0 aromatic rings. The quantitative estimate of drug-likeness (QED) is 0.789. The molecule has 0 radical (unpaired) electrons. The fraction of sp³-hybridized carbons (Fsp3) is 1.00. The molecule has 0 aromatic carbocycles. The lowest BCUT2D eigenvalue weighted by Crippen LogP contribution is -2.41. The molecule has 0 aliphatic carbocycles. The standard InChI is InChI=1S/C13H26N2O/c1-11(2)15-10-13(4-6-14-7-5-13)8-12(15)9-16-3/h11-12,14H,4-10H2,1-3H3/t12-/m1/s1. The number of rotatable bonds is 3. The molecule has 2 rings (SSSR count). The second kappa shape index (κ2) is 5.03. The maximum absolute atomic E-state index is 5.38. The van der Waals surface area contributed by atoms with Gasteiger partial charge in [0, 0.05) is 25.7 Å². The molecular formula is C13H26N2O. The van der Waals surface area contributed by atoms with Gasteiger partial charge in [0.2, 0.25) is 0 Å². The van der Waals surface area contributed by atoms with Crippen LogP contribution in [0.5, 0.6) is 0 Å².